The first-order valence-corrected chi connectivity index (χ1v) is 3.21. The van der Waals surface area contributed by atoms with E-state index >= 15 is 0 Å². The maximum atomic E-state index is 2.41. The molecule has 52 valence electrons. The Bertz CT molecular complexity index is 46.5. The average molecular weight is 350 g/mol. The molecule has 0 heterocycles. The quantitative estimate of drug-likeness (QED) is 0.590. The van der Waals surface area contributed by atoms with Crippen LogP contribution in [0.2, 0.25) is 0 Å². The van der Waals surface area contributed by atoms with Gasteiger partial charge in [-0.1, -0.05) is 25.7 Å². The molecular weight excluding hydrogens is 334 g/mol. The van der Waals surface area contributed by atoms with Crippen LogP contribution in [-0.2, 0) is 0 Å². The molecule has 0 bridgehead atoms. The summed E-state index contributed by atoms with van der Waals surface area (Å²) in [5.74, 6) is 0.980. The van der Waals surface area contributed by atoms with Crippen LogP contribution >= 0.6 is 0 Å². The van der Waals surface area contributed by atoms with E-state index in [1.807, 2.05) is 0 Å². The minimum absolute atomic E-state index is 0. The van der Waals surface area contributed by atoms with Crippen molar-refractivity contribution >= 4 is 0 Å². The molecule has 0 spiro atoms. The van der Waals surface area contributed by atoms with Crippen molar-refractivity contribution in [2.75, 3.05) is 0 Å². The smallest absolute Gasteiger partial charge is 0.358 e. The van der Waals surface area contributed by atoms with Gasteiger partial charge >= 0.3 is 31.1 Å². The van der Waals surface area contributed by atoms with Gasteiger partial charge in [-0.2, -0.15) is 12.8 Å². The van der Waals surface area contributed by atoms with Crippen LogP contribution in [0.4, 0.5) is 0 Å². The molecule has 0 unspecified atom stereocenters. The van der Waals surface area contributed by atoms with Crippen LogP contribution in [0.1, 0.15) is 32.6 Å². The van der Waals surface area contributed by atoms with E-state index in [1.165, 1.54) is 25.7 Å². The Balaban J connectivity index is 0. The summed E-state index contributed by atoms with van der Waals surface area (Å²) >= 11 is 0. The van der Waals surface area contributed by atoms with Crippen molar-refractivity contribution in [3.8, 4) is 0 Å². The van der Waals surface area contributed by atoms with Crippen LogP contribution in [0.25, 0.3) is 0 Å². The van der Waals surface area contributed by atoms with E-state index in [9.17, 15) is 0 Å². The number of hydrogen-bond acceptors (Lipinski definition) is 0. The van der Waals surface area contributed by atoms with Crippen LogP contribution in [0.15, 0.2) is 0 Å². The standard InChI is InChI=1S/C7H13.CH3.U/c1-7-5-3-2-4-6-7;;/h3,7H,2,4-6H2,1H3;1H3;/q2*-1;+2/t7-;;/m0../s1. The van der Waals surface area contributed by atoms with Gasteiger partial charge in [0.1, 0.15) is 0 Å². The van der Waals surface area contributed by atoms with Crippen LogP contribution in [0, 0.1) is 50.9 Å². The summed E-state index contributed by atoms with van der Waals surface area (Å²) in [7, 11) is 0. The summed E-state index contributed by atoms with van der Waals surface area (Å²) in [6, 6.07) is 0. The van der Waals surface area contributed by atoms with Crippen molar-refractivity contribution in [3.63, 3.8) is 0 Å². The molecule has 0 radical (unpaired) electrons. The van der Waals surface area contributed by atoms with E-state index in [4.69, 9.17) is 0 Å². The van der Waals surface area contributed by atoms with E-state index in [2.05, 4.69) is 13.3 Å². The van der Waals surface area contributed by atoms with Gasteiger partial charge in [-0.25, -0.2) is 0 Å². The summed E-state index contributed by atoms with van der Waals surface area (Å²) in [4.78, 5) is 0. The third-order valence-corrected chi connectivity index (χ3v) is 1.67. The fourth-order valence-electron chi connectivity index (χ4n) is 1.13. The second kappa shape index (κ2) is 7.16. The molecule has 1 aliphatic carbocycles. The third-order valence-electron chi connectivity index (χ3n) is 1.67. The van der Waals surface area contributed by atoms with Crippen molar-refractivity contribution in [3.05, 3.63) is 13.8 Å². The molecule has 1 rings (SSSR count). The van der Waals surface area contributed by atoms with Gasteiger partial charge in [0, 0.05) is 0 Å². The molecule has 1 aliphatic rings. The Hall–Kier alpha value is 1.05. The molecule has 1 heteroatoms. The normalized spacial score (nSPS) is 25.7. The van der Waals surface area contributed by atoms with E-state index in [0.29, 0.717) is 0 Å². The topological polar surface area (TPSA) is 0 Å². The molecule has 0 aromatic heterocycles. The van der Waals surface area contributed by atoms with Gasteiger partial charge in [0.15, 0.2) is 0 Å². The van der Waals surface area contributed by atoms with Crippen molar-refractivity contribution in [2.45, 2.75) is 32.6 Å². The third kappa shape index (κ3) is 5.49. The zero-order chi connectivity index (χ0) is 5.11. The molecule has 0 aliphatic heterocycles. The average Bonchev–Trinajstić information content (AvgIpc) is 1.69. The Kier molecular flexibility index (Phi) is 10.1. The predicted octanol–water partition coefficient (Wildman–Crippen LogP) is 2.85. The van der Waals surface area contributed by atoms with Crippen molar-refractivity contribution in [1.29, 1.82) is 0 Å². The fraction of sp³-hybridized carbons (Fsp3) is 0.750. The first-order valence-electron chi connectivity index (χ1n) is 3.21. The monoisotopic (exact) mass is 350 g/mol. The van der Waals surface area contributed by atoms with Gasteiger partial charge in [-0.05, 0) is 0 Å². The van der Waals surface area contributed by atoms with E-state index in [0.717, 1.165) is 5.92 Å². The van der Waals surface area contributed by atoms with E-state index < -0.39 is 0 Å². The second-order valence-corrected chi connectivity index (χ2v) is 2.56. The van der Waals surface area contributed by atoms with Crippen LogP contribution in [0.3, 0.4) is 0 Å². The Morgan fingerprint density at radius 1 is 1.44 bits per heavy atom. The summed E-state index contributed by atoms with van der Waals surface area (Å²) in [5, 5.41) is 0. The summed E-state index contributed by atoms with van der Waals surface area (Å²) < 4.78 is 0. The molecule has 9 heavy (non-hydrogen) atoms. The molecule has 1 atom stereocenters. The van der Waals surface area contributed by atoms with Gasteiger partial charge in [-0.15, -0.1) is 0 Å². The zero-order valence-electron chi connectivity index (χ0n) is 6.48. The Morgan fingerprint density at radius 3 is 2.33 bits per heavy atom. The minimum Gasteiger partial charge on any atom is -0.358 e. The molecule has 0 N–H and O–H groups in total. The molecule has 1 fully saturated rings. The van der Waals surface area contributed by atoms with Gasteiger partial charge in [0.2, 0.25) is 0 Å². The molecule has 0 saturated heterocycles. The zero-order valence-corrected chi connectivity index (χ0v) is 10.6. The number of rotatable bonds is 0. The molecule has 0 aromatic carbocycles. The largest absolute Gasteiger partial charge is 2.00 e. The van der Waals surface area contributed by atoms with E-state index in [-0.39, 0.29) is 38.5 Å². The maximum absolute atomic E-state index is 2.41. The summed E-state index contributed by atoms with van der Waals surface area (Å²) in [6.45, 7) is 2.33. The fourth-order valence-corrected chi connectivity index (χ4v) is 1.13. The van der Waals surface area contributed by atoms with Gasteiger partial charge in [0.25, 0.3) is 0 Å². The SMILES string of the molecule is C[C@H]1C[CH-]CCC1.[CH3-].[U+2]. The van der Waals surface area contributed by atoms with Crippen LogP contribution in [0.5, 0.6) is 0 Å². The Morgan fingerprint density at radius 2 is 2.11 bits per heavy atom. The molecule has 0 amide bonds. The van der Waals surface area contributed by atoms with Gasteiger partial charge in [0.05, 0.1) is 0 Å². The van der Waals surface area contributed by atoms with Crippen molar-refractivity contribution < 1.29 is 31.1 Å². The van der Waals surface area contributed by atoms with Gasteiger partial charge < -0.3 is 13.8 Å². The maximum Gasteiger partial charge on any atom is 2.00 e. The van der Waals surface area contributed by atoms with Crippen LogP contribution in [-0.4, -0.2) is 0 Å². The molecule has 1 saturated carbocycles. The molecule has 0 aromatic rings. The van der Waals surface area contributed by atoms with Crippen molar-refractivity contribution in [2.24, 2.45) is 5.92 Å². The summed E-state index contributed by atoms with van der Waals surface area (Å²) in [6.07, 6.45) is 8.02. The molecule has 0 nitrogen and oxygen atoms in total. The van der Waals surface area contributed by atoms with Gasteiger partial charge in [-0.3, -0.25) is 0 Å². The van der Waals surface area contributed by atoms with Crippen LogP contribution < -0.4 is 0 Å². The first-order chi connectivity index (χ1) is 3.39. The number of hydrogen-bond donors (Lipinski definition) is 0. The predicted molar refractivity (Wildman–Crippen MR) is 38.3 cm³/mol. The Labute approximate surface area is 83.2 Å². The van der Waals surface area contributed by atoms with Crippen molar-refractivity contribution in [1.82, 2.24) is 0 Å². The summed E-state index contributed by atoms with van der Waals surface area (Å²) in [5.41, 5.74) is 0. The first kappa shape index (κ1) is 12.7. The molecular formula is C8H16U. The minimum atomic E-state index is 0. The second-order valence-electron chi connectivity index (χ2n) is 2.56. The van der Waals surface area contributed by atoms with E-state index in [1.54, 1.807) is 0 Å².